The van der Waals surface area contributed by atoms with Crippen LogP contribution in [-0.4, -0.2) is 61.5 Å². The molecular formula is C16H23N3O6. The molecule has 3 aliphatic heterocycles. The van der Waals surface area contributed by atoms with Gasteiger partial charge in [-0.2, -0.15) is 0 Å². The van der Waals surface area contributed by atoms with E-state index in [-0.39, 0.29) is 13.2 Å². The van der Waals surface area contributed by atoms with E-state index in [4.69, 9.17) is 34.8 Å². The maximum atomic E-state index is 9.20. The summed E-state index contributed by atoms with van der Waals surface area (Å²) in [5.74, 6) is 0.777. The zero-order valence-electron chi connectivity index (χ0n) is 14.8. The van der Waals surface area contributed by atoms with Gasteiger partial charge in [0.15, 0.2) is 17.9 Å². The standard InChI is InChI=1S/C16H23N3O6/c1-6-7-20-9-16(18-19-17)11(10-8-21-14(2,3)23-10)22-13-12(16)24-15(4,5)25-13/h1,10-13H,7-9H2,2-5H3/t10-,11+,12+,13-,16+/m1/s1. The quantitative estimate of drug-likeness (QED) is 0.245. The highest BCUT2D eigenvalue weighted by molar-refractivity contribution is 5.14. The van der Waals surface area contributed by atoms with E-state index in [9.17, 15) is 5.53 Å². The fraction of sp³-hybridized carbons (Fsp3) is 0.875. The first-order valence-corrected chi connectivity index (χ1v) is 8.13. The van der Waals surface area contributed by atoms with E-state index in [1.807, 2.05) is 13.8 Å². The molecule has 0 aliphatic carbocycles. The minimum absolute atomic E-state index is 0.0207. The number of fused-ring (bicyclic) bond motifs is 1. The smallest absolute Gasteiger partial charge is 0.188 e. The van der Waals surface area contributed by atoms with Gasteiger partial charge in [0.05, 0.1) is 13.2 Å². The number of hydrogen-bond donors (Lipinski definition) is 0. The minimum Gasteiger partial charge on any atom is -0.368 e. The Kier molecular flexibility index (Phi) is 4.73. The van der Waals surface area contributed by atoms with E-state index in [2.05, 4.69) is 15.9 Å². The van der Waals surface area contributed by atoms with Gasteiger partial charge in [-0.1, -0.05) is 11.0 Å². The zero-order valence-corrected chi connectivity index (χ0v) is 14.8. The zero-order chi connectivity index (χ0) is 18.3. The van der Waals surface area contributed by atoms with Gasteiger partial charge >= 0.3 is 0 Å². The maximum absolute atomic E-state index is 9.20. The Morgan fingerprint density at radius 3 is 2.56 bits per heavy atom. The van der Waals surface area contributed by atoms with E-state index in [0.717, 1.165) is 0 Å². The molecule has 5 atom stereocenters. The molecule has 3 fully saturated rings. The average molecular weight is 353 g/mol. The second kappa shape index (κ2) is 6.41. The van der Waals surface area contributed by atoms with Crippen LogP contribution in [0.2, 0.25) is 0 Å². The van der Waals surface area contributed by atoms with Gasteiger partial charge in [0.25, 0.3) is 0 Å². The van der Waals surface area contributed by atoms with Crippen molar-refractivity contribution in [2.24, 2.45) is 5.11 Å². The molecule has 25 heavy (non-hydrogen) atoms. The number of azide groups is 1. The summed E-state index contributed by atoms with van der Waals surface area (Å²) in [6.45, 7) is 7.54. The second-order valence-corrected chi connectivity index (χ2v) is 7.23. The molecule has 138 valence electrons. The number of nitrogens with zero attached hydrogens (tertiary/aromatic N) is 3. The summed E-state index contributed by atoms with van der Waals surface area (Å²) in [6.07, 6.45) is 2.80. The molecule has 0 saturated carbocycles. The molecule has 0 amide bonds. The Balaban J connectivity index is 1.93. The molecule has 0 radical (unpaired) electrons. The predicted molar refractivity (Wildman–Crippen MR) is 85.1 cm³/mol. The number of rotatable bonds is 5. The predicted octanol–water partition coefficient (Wildman–Crippen LogP) is 1.71. The van der Waals surface area contributed by atoms with Crippen LogP contribution < -0.4 is 0 Å². The van der Waals surface area contributed by atoms with Crippen molar-refractivity contribution in [1.82, 2.24) is 0 Å². The van der Waals surface area contributed by atoms with E-state index in [1.165, 1.54) is 0 Å². The summed E-state index contributed by atoms with van der Waals surface area (Å²) in [5, 5.41) is 4.03. The number of hydrogen-bond acceptors (Lipinski definition) is 7. The van der Waals surface area contributed by atoms with Crippen LogP contribution in [0.15, 0.2) is 5.11 Å². The first kappa shape index (κ1) is 18.4. The van der Waals surface area contributed by atoms with Gasteiger partial charge in [-0.05, 0) is 33.2 Å². The van der Waals surface area contributed by atoms with Crippen molar-refractivity contribution in [2.45, 2.75) is 69.4 Å². The Morgan fingerprint density at radius 2 is 1.96 bits per heavy atom. The summed E-state index contributed by atoms with van der Waals surface area (Å²) < 4.78 is 34.9. The van der Waals surface area contributed by atoms with Crippen LogP contribution in [0.5, 0.6) is 0 Å². The van der Waals surface area contributed by atoms with E-state index < -0.39 is 41.7 Å². The molecule has 0 aromatic rings. The van der Waals surface area contributed by atoms with Gasteiger partial charge in [-0.15, -0.1) is 6.42 Å². The Bertz CT molecular complexity index is 611. The van der Waals surface area contributed by atoms with Gasteiger partial charge in [0, 0.05) is 4.91 Å². The van der Waals surface area contributed by atoms with Gasteiger partial charge < -0.3 is 28.4 Å². The van der Waals surface area contributed by atoms with Crippen LogP contribution in [0, 0.1) is 12.3 Å². The lowest BCUT2D eigenvalue weighted by Gasteiger charge is -2.36. The van der Waals surface area contributed by atoms with Crippen LogP contribution >= 0.6 is 0 Å². The van der Waals surface area contributed by atoms with Crippen LogP contribution in [0.1, 0.15) is 27.7 Å². The summed E-state index contributed by atoms with van der Waals surface area (Å²) in [7, 11) is 0. The molecule has 0 spiro atoms. The molecule has 9 heteroatoms. The lowest BCUT2D eigenvalue weighted by molar-refractivity contribution is -0.231. The molecule has 0 aromatic carbocycles. The summed E-state index contributed by atoms with van der Waals surface area (Å²) in [4.78, 5) is 3.02. The van der Waals surface area contributed by atoms with E-state index in [1.54, 1.807) is 13.8 Å². The summed E-state index contributed by atoms with van der Waals surface area (Å²) in [6, 6.07) is 0. The van der Waals surface area contributed by atoms with Crippen molar-refractivity contribution in [3.8, 4) is 12.3 Å². The molecule has 0 unspecified atom stereocenters. The third-order valence-corrected chi connectivity index (χ3v) is 4.44. The van der Waals surface area contributed by atoms with Gasteiger partial charge in [-0.3, -0.25) is 0 Å². The highest BCUT2D eigenvalue weighted by atomic mass is 16.8. The number of ether oxygens (including phenoxy) is 6. The largest absolute Gasteiger partial charge is 0.368 e. The van der Waals surface area contributed by atoms with E-state index >= 15 is 0 Å². The Hall–Kier alpha value is -1.37. The molecule has 3 rings (SSSR count). The van der Waals surface area contributed by atoms with Crippen LogP contribution in [0.25, 0.3) is 10.4 Å². The second-order valence-electron chi connectivity index (χ2n) is 7.23. The third-order valence-electron chi connectivity index (χ3n) is 4.44. The van der Waals surface area contributed by atoms with Crippen molar-refractivity contribution in [3.63, 3.8) is 0 Å². The monoisotopic (exact) mass is 353 g/mol. The highest BCUT2D eigenvalue weighted by Crippen LogP contribution is 2.48. The number of terminal acetylenes is 1. The fourth-order valence-electron chi connectivity index (χ4n) is 3.53. The molecule has 0 bridgehead atoms. The first-order chi connectivity index (χ1) is 11.7. The molecule has 9 nitrogen and oxygen atoms in total. The molecule has 3 aliphatic rings. The van der Waals surface area contributed by atoms with Crippen molar-refractivity contribution in [2.75, 3.05) is 19.8 Å². The summed E-state index contributed by atoms with van der Waals surface area (Å²) in [5.41, 5.74) is 8.02. The highest BCUT2D eigenvalue weighted by Gasteiger charge is 2.66. The summed E-state index contributed by atoms with van der Waals surface area (Å²) >= 11 is 0. The van der Waals surface area contributed by atoms with Crippen molar-refractivity contribution < 1.29 is 28.4 Å². The lowest BCUT2D eigenvalue weighted by atomic mass is 9.87. The van der Waals surface area contributed by atoms with Crippen molar-refractivity contribution in [3.05, 3.63) is 10.4 Å². The minimum atomic E-state index is -1.18. The molecule has 3 heterocycles. The lowest BCUT2D eigenvalue weighted by Crippen LogP contribution is -2.55. The normalized spacial score (nSPS) is 41.1. The molecular weight excluding hydrogens is 330 g/mol. The maximum Gasteiger partial charge on any atom is 0.188 e. The van der Waals surface area contributed by atoms with Crippen LogP contribution in [0.4, 0.5) is 0 Å². The van der Waals surface area contributed by atoms with Crippen LogP contribution in [0.3, 0.4) is 0 Å². The SMILES string of the molecule is C#CCOC[C@@]1(N=[N+]=[N-])[C@H]2OC(C)(C)O[C@H]2O[C@H]1[C@H]1COC(C)(C)O1. The van der Waals surface area contributed by atoms with Gasteiger partial charge in [0.1, 0.15) is 30.5 Å². The van der Waals surface area contributed by atoms with Crippen LogP contribution in [-0.2, 0) is 28.4 Å². The third kappa shape index (κ3) is 3.35. The topological polar surface area (TPSA) is 104 Å². The average Bonchev–Trinajstić information content (AvgIpc) is 3.10. The Morgan fingerprint density at radius 1 is 1.20 bits per heavy atom. The van der Waals surface area contributed by atoms with E-state index in [0.29, 0.717) is 6.61 Å². The van der Waals surface area contributed by atoms with Gasteiger partial charge in [0.2, 0.25) is 0 Å². The fourth-order valence-corrected chi connectivity index (χ4v) is 3.53. The molecule has 0 N–H and O–H groups in total. The molecule has 0 aromatic heterocycles. The van der Waals surface area contributed by atoms with Crippen molar-refractivity contribution in [1.29, 1.82) is 0 Å². The Labute approximate surface area is 146 Å². The van der Waals surface area contributed by atoms with Crippen molar-refractivity contribution >= 4 is 0 Å². The first-order valence-electron chi connectivity index (χ1n) is 8.13. The molecule has 3 saturated heterocycles. The van der Waals surface area contributed by atoms with Gasteiger partial charge in [-0.25, -0.2) is 0 Å².